The zero-order valence-electron chi connectivity index (χ0n) is 11.5. The number of sulfonamides is 1. The van der Waals surface area contributed by atoms with Gasteiger partial charge >= 0.3 is 0 Å². The first-order valence-corrected chi connectivity index (χ1v) is 8.96. The van der Waals surface area contributed by atoms with E-state index in [0.29, 0.717) is 5.56 Å². The van der Waals surface area contributed by atoms with E-state index < -0.39 is 26.3 Å². The maximum Gasteiger partial charge on any atom is 0.277 e. The van der Waals surface area contributed by atoms with E-state index in [-0.39, 0.29) is 10.9 Å². The van der Waals surface area contributed by atoms with Gasteiger partial charge in [-0.05, 0) is 38.5 Å². The van der Waals surface area contributed by atoms with Gasteiger partial charge in [0.1, 0.15) is 0 Å². The minimum absolute atomic E-state index is 0.0170. The molecule has 0 bridgehead atoms. The van der Waals surface area contributed by atoms with Gasteiger partial charge in [0.25, 0.3) is 10.2 Å². The molecule has 1 aromatic carbocycles. The third-order valence-electron chi connectivity index (χ3n) is 2.43. The van der Waals surface area contributed by atoms with Crippen molar-refractivity contribution < 1.29 is 16.8 Å². The highest BCUT2D eigenvalue weighted by Gasteiger charge is 2.17. The molecular weight excluding hydrogens is 302 g/mol. The van der Waals surface area contributed by atoms with Gasteiger partial charge in [0.05, 0.1) is 4.90 Å². The van der Waals surface area contributed by atoms with Gasteiger partial charge in [0.15, 0.2) is 0 Å². The van der Waals surface area contributed by atoms with Gasteiger partial charge in [-0.2, -0.15) is 17.9 Å². The Balaban J connectivity index is 2.86. The number of benzene rings is 1. The number of hydrogen-bond donors (Lipinski definition) is 3. The van der Waals surface area contributed by atoms with E-state index in [0.717, 1.165) is 0 Å². The third kappa shape index (κ3) is 5.17. The maximum atomic E-state index is 11.7. The van der Waals surface area contributed by atoms with Crippen molar-refractivity contribution >= 4 is 20.2 Å². The fourth-order valence-corrected chi connectivity index (χ4v) is 3.40. The molecule has 0 saturated carbocycles. The van der Waals surface area contributed by atoms with Gasteiger partial charge in [-0.3, -0.25) is 0 Å². The van der Waals surface area contributed by atoms with Gasteiger partial charge in [0, 0.05) is 12.1 Å². The molecule has 0 saturated heterocycles. The zero-order chi connectivity index (χ0) is 15.6. The summed E-state index contributed by atoms with van der Waals surface area (Å²) in [5.41, 5.74) is 0.631. The maximum absolute atomic E-state index is 11.7. The lowest BCUT2D eigenvalue weighted by Crippen LogP contribution is -2.41. The fraction of sp³-hybridized carbons (Fsp3) is 0.455. The van der Waals surface area contributed by atoms with Crippen LogP contribution in [0.3, 0.4) is 0 Å². The molecule has 4 N–H and O–H groups in total. The average molecular weight is 321 g/mol. The predicted octanol–water partition coefficient (Wildman–Crippen LogP) is 0.227. The molecule has 0 aromatic heterocycles. The molecular formula is C11H19N3O4S2. The van der Waals surface area contributed by atoms with Crippen LogP contribution in [0, 0.1) is 0 Å². The van der Waals surface area contributed by atoms with Crippen molar-refractivity contribution in [2.75, 3.05) is 0 Å². The molecule has 7 nitrogen and oxygen atoms in total. The highest BCUT2D eigenvalue weighted by atomic mass is 32.2. The van der Waals surface area contributed by atoms with Crippen LogP contribution in [0.1, 0.15) is 32.4 Å². The van der Waals surface area contributed by atoms with Crippen LogP contribution in [0.2, 0.25) is 0 Å². The van der Waals surface area contributed by atoms with Crippen LogP contribution in [0.25, 0.3) is 0 Å². The van der Waals surface area contributed by atoms with Crippen LogP contribution in [0.4, 0.5) is 0 Å². The van der Waals surface area contributed by atoms with Crippen molar-refractivity contribution in [3.05, 3.63) is 29.8 Å². The van der Waals surface area contributed by atoms with E-state index in [9.17, 15) is 16.8 Å². The second kappa shape index (κ2) is 6.19. The Kier molecular flexibility index (Phi) is 5.27. The molecule has 0 fully saturated rings. The summed E-state index contributed by atoms with van der Waals surface area (Å²) in [6.45, 7) is 5.08. The molecule has 0 aliphatic heterocycles. The van der Waals surface area contributed by atoms with Crippen molar-refractivity contribution in [3.8, 4) is 0 Å². The van der Waals surface area contributed by atoms with Crippen molar-refractivity contribution in [1.82, 2.24) is 9.44 Å². The first-order chi connectivity index (χ1) is 9.01. The summed E-state index contributed by atoms with van der Waals surface area (Å²) in [6, 6.07) is 4.99. The number of nitrogens with one attached hydrogen (secondary N) is 2. The molecule has 0 amide bonds. The first-order valence-electron chi connectivity index (χ1n) is 5.93. The van der Waals surface area contributed by atoms with Crippen molar-refractivity contribution in [2.45, 2.75) is 37.8 Å². The Labute approximate surface area is 119 Å². The quantitative estimate of drug-likeness (QED) is 0.695. The summed E-state index contributed by atoms with van der Waals surface area (Å²) < 4.78 is 50.5. The van der Waals surface area contributed by atoms with Crippen LogP contribution in [0.5, 0.6) is 0 Å². The van der Waals surface area contributed by atoms with Crippen LogP contribution in [0.15, 0.2) is 29.2 Å². The van der Waals surface area contributed by atoms with Gasteiger partial charge < -0.3 is 0 Å². The second-order valence-corrected chi connectivity index (χ2v) is 7.77. The molecule has 114 valence electrons. The summed E-state index contributed by atoms with van der Waals surface area (Å²) in [5, 5.41) is 4.99. The zero-order valence-corrected chi connectivity index (χ0v) is 13.1. The Bertz CT molecular complexity index is 651. The van der Waals surface area contributed by atoms with Crippen molar-refractivity contribution in [1.29, 1.82) is 0 Å². The predicted molar refractivity (Wildman–Crippen MR) is 76.6 cm³/mol. The molecule has 0 spiro atoms. The minimum atomic E-state index is -3.75. The largest absolute Gasteiger partial charge is 0.277 e. The van der Waals surface area contributed by atoms with E-state index in [2.05, 4.69) is 9.44 Å². The lowest BCUT2D eigenvalue weighted by molar-refractivity contribution is 0.541. The molecule has 0 radical (unpaired) electrons. The molecule has 0 aliphatic carbocycles. The molecule has 9 heteroatoms. The molecule has 20 heavy (non-hydrogen) atoms. The van der Waals surface area contributed by atoms with Gasteiger partial charge in [-0.1, -0.05) is 12.1 Å². The van der Waals surface area contributed by atoms with Crippen LogP contribution in [-0.2, 0) is 20.2 Å². The highest BCUT2D eigenvalue weighted by Crippen LogP contribution is 2.16. The Morgan fingerprint density at radius 2 is 1.45 bits per heavy atom. The smallest absolute Gasteiger partial charge is 0.225 e. The topological polar surface area (TPSA) is 118 Å². The van der Waals surface area contributed by atoms with Crippen LogP contribution < -0.4 is 14.6 Å². The molecule has 0 heterocycles. The Hall–Kier alpha value is -1.00. The van der Waals surface area contributed by atoms with E-state index in [1.54, 1.807) is 20.8 Å². The molecule has 1 unspecified atom stereocenters. The molecule has 1 rings (SSSR count). The minimum Gasteiger partial charge on any atom is -0.225 e. The van der Waals surface area contributed by atoms with E-state index in [4.69, 9.17) is 5.14 Å². The molecule has 1 atom stereocenters. The second-order valence-electron chi connectivity index (χ2n) is 4.73. The number of nitrogens with two attached hydrogens (primary N) is 1. The lowest BCUT2D eigenvalue weighted by atomic mass is 10.1. The molecule has 0 aliphatic rings. The van der Waals surface area contributed by atoms with E-state index in [1.807, 2.05) is 0 Å². The molecule has 1 aromatic rings. The Morgan fingerprint density at radius 3 is 1.85 bits per heavy atom. The lowest BCUT2D eigenvalue weighted by Gasteiger charge is -2.16. The fourth-order valence-electron chi connectivity index (χ4n) is 1.59. The van der Waals surface area contributed by atoms with Crippen molar-refractivity contribution in [2.24, 2.45) is 5.14 Å². The van der Waals surface area contributed by atoms with Gasteiger partial charge in [0.2, 0.25) is 10.0 Å². The van der Waals surface area contributed by atoms with Crippen LogP contribution >= 0.6 is 0 Å². The summed E-state index contributed by atoms with van der Waals surface area (Å²) in [5.74, 6) is 0. The third-order valence-corrected chi connectivity index (χ3v) is 4.81. The van der Waals surface area contributed by atoms with E-state index in [1.165, 1.54) is 24.3 Å². The highest BCUT2D eigenvalue weighted by molar-refractivity contribution is 7.89. The SMILES string of the molecule is CC(C)NS(=O)(=O)NC(C)c1ccc(S(N)(=O)=O)cc1. The van der Waals surface area contributed by atoms with Gasteiger partial charge in [-0.15, -0.1) is 0 Å². The number of primary sulfonamides is 1. The monoisotopic (exact) mass is 321 g/mol. The average Bonchev–Trinajstić information content (AvgIpc) is 2.25. The Morgan fingerprint density at radius 1 is 0.950 bits per heavy atom. The summed E-state index contributed by atoms with van der Waals surface area (Å²) in [7, 11) is -7.36. The summed E-state index contributed by atoms with van der Waals surface area (Å²) in [4.78, 5) is -0.0170. The van der Waals surface area contributed by atoms with E-state index >= 15 is 0 Å². The normalized spacial score (nSPS) is 14.4. The van der Waals surface area contributed by atoms with Crippen molar-refractivity contribution in [3.63, 3.8) is 0 Å². The summed E-state index contributed by atoms with van der Waals surface area (Å²) in [6.07, 6.45) is 0. The summed E-state index contributed by atoms with van der Waals surface area (Å²) >= 11 is 0. The first kappa shape index (κ1) is 17.1. The standard InChI is InChI=1S/C11H19N3O4S2/c1-8(2)13-20(17,18)14-9(3)10-4-6-11(7-5-10)19(12,15)16/h4-9,13-14H,1-3H3,(H2,12,15,16). The number of rotatable bonds is 6. The van der Waals surface area contributed by atoms with Crippen LogP contribution in [-0.4, -0.2) is 22.9 Å². The van der Waals surface area contributed by atoms with Gasteiger partial charge in [-0.25, -0.2) is 13.6 Å². The number of hydrogen-bond acceptors (Lipinski definition) is 4.